The highest BCUT2D eigenvalue weighted by Crippen LogP contribution is 2.19. The Kier molecular flexibility index (Phi) is 10.8. The molecule has 1 saturated heterocycles. The Labute approximate surface area is 201 Å². The molecule has 2 aromatic rings. The van der Waals surface area contributed by atoms with Crippen LogP contribution in [0.4, 0.5) is 0 Å². The van der Waals surface area contributed by atoms with Crippen molar-refractivity contribution in [1.29, 1.82) is 0 Å². The Balaban J connectivity index is 0.00000341. The van der Waals surface area contributed by atoms with Gasteiger partial charge in [0.1, 0.15) is 11.4 Å². The van der Waals surface area contributed by atoms with Crippen LogP contribution in [0.15, 0.2) is 52.1 Å². The Hall–Kier alpha value is -1.62. The molecule has 1 unspecified atom stereocenters. The lowest BCUT2D eigenvalue weighted by Gasteiger charge is -2.23. The number of hydrogen-bond acceptors (Lipinski definition) is 5. The van der Waals surface area contributed by atoms with Crippen molar-refractivity contribution in [2.75, 3.05) is 26.3 Å². The summed E-state index contributed by atoms with van der Waals surface area (Å²) in [5, 5.41) is 17.0. The van der Waals surface area contributed by atoms with Crippen LogP contribution in [-0.4, -0.2) is 43.5 Å². The number of nitrogens with zero attached hydrogens (tertiary/aromatic N) is 1. The second kappa shape index (κ2) is 13.0. The SMILES string of the molecule is CCNC(=NCc1cccc(COC2CCOCC2)c1)NCC(C)(O)c1ccco1.I. The van der Waals surface area contributed by atoms with Gasteiger partial charge in [0.25, 0.3) is 0 Å². The van der Waals surface area contributed by atoms with Gasteiger partial charge in [0, 0.05) is 19.8 Å². The second-order valence-corrected chi connectivity index (χ2v) is 7.74. The Morgan fingerprint density at radius 2 is 1.97 bits per heavy atom. The van der Waals surface area contributed by atoms with E-state index in [1.54, 1.807) is 25.3 Å². The number of furan rings is 1. The molecule has 1 aromatic carbocycles. The summed E-state index contributed by atoms with van der Waals surface area (Å²) in [5.41, 5.74) is 1.13. The molecule has 8 heteroatoms. The third-order valence-corrected chi connectivity index (χ3v) is 5.06. The van der Waals surface area contributed by atoms with E-state index in [0.717, 1.165) is 43.7 Å². The van der Waals surface area contributed by atoms with E-state index in [1.165, 1.54) is 0 Å². The number of aliphatic imine (C=N–C) groups is 1. The van der Waals surface area contributed by atoms with Gasteiger partial charge < -0.3 is 29.6 Å². The highest BCUT2D eigenvalue weighted by Gasteiger charge is 2.26. The largest absolute Gasteiger partial charge is 0.466 e. The van der Waals surface area contributed by atoms with Crippen LogP contribution in [0, 0.1) is 0 Å². The van der Waals surface area contributed by atoms with E-state index >= 15 is 0 Å². The van der Waals surface area contributed by atoms with E-state index in [9.17, 15) is 5.11 Å². The molecule has 3 N–H and O–H groups in total. The number of guanidine groups is 1. The number of hydrogen-bond donors (Lipinski definition) is 3. The summed E-state index contributed by atoms with van der Waals surface area (Å²) in [7, 11) is 0. The lowest BCUT2D eigenvalue weighted by molar-refractivity contribution is -0.0390. The number of ether oxygens (including phenoxy) is 2. The zero-order chi connectivity index (χ0) is 21.2. The van der Waals surface area contributed by atoms with Crippen LogP contribution in [0.3, 0.4) is 0 Å². The number of nitrogens with one attached hydrogen (secondary N) is 2. The summed E-state index contributed by atoms with van der Waals surface area (Å²) in [6.45, 7) is 7.44. The van der Waals surface area contributed by atoms with Gasteiger partial charge in [-0.2, -0.15) is 0 Å². The van der Waals surface area contributed by atoms with Crippen LogP contribution in [0.2, 0.25) is 0 Å². The minimum Gasteiger partial charge on any atom is -0.466 e. The minimum atomic E-state index is -1.12. The van der Waals surface area contributed by atoms with Gasteiger partial charge in [0.05, 0.1) is 32.1 Å². The van der Waals surface area contributed by atoms with Crippen molar-refractivity contribution < 1.29 is 19.0 Å². The number of aliphatic hydroxyl groups is 1. The molecule has 1 atom stereocenters. The first kappa shape index (κ1) is 25.6. The van der Waals surface area contributed by atoms with E-state index in [2.05, 4.69) is 33.8 Å². The summed E-state index contributed by atoms with van der Waals surface area (Å²) >= 11 is 0. The number of rotatable bonds is 9. The summed E-state index contributed by atoms with van der Waals surface area (Å²) < 4.78 is 16.7. The third kappa shape index (κ3) is 8.44. The van der Waals surface area contributed by atoms with E-state index in [1.807, 2.05) is 13.0 Å². The van der Waals surface area contributed by atoms with Crippen molar-refractivity contribution in [3.05, 3.63) is 59.5 Å². The first-order valence-electron chi connectivity index (χ1n) is 10.6. The summed E-state index contributed by atoms with van der Waals surface area (Å²) in [4.78, 5) is 4.65. The van der Waals surface area contributed by atoms with Gasteiger partial charge in [-0.05, 0) is 49.9 Å². The molecule has 172 valence electrons. The number of halogens is 1. The molecule has 2 heterocycles. The van der Waals surface area contributed by atoms with Gasteiger partial charge in [-0.15, -0.1) is 24.0 Å². The van der Waals surface area contributed by atoms with Gasteiger partial charge >= 0.3 is 0 Å². The third-order valence-electron chi connectivity index (χ3n) is 5.06. The molecule has 0 aliphatic carbocycles. The van der Waals surface area contributed by atoms with Crippen molar-refractivity contribution in [3.8, 4) is 0 Å². The quantitative estimate of drug-likeness (QED) is 0.255. The fraction of sp³-hybridized carbons (Fsp3) is 0.522. The highest BCUT2D eigenvalue weighted by atomic mass is 127. The van der Waals surface area contributed by atoms with Gasteiger partial charge in [-0.1, -0.05) is 24.3 Å². The lowest BCUT2D eigenvalue weighted by Crippen LogP contribution is -2.44. The van der Waals surface area contributed by atoms with E-state index in [-0.39, 0.29) is 36.6 Å². The zero-order valence-electron chi connectivity index (χ0n) is 18.3. The molecule has 0 bridgehead atoms. The van der Waals surface area contributed by atoms with Crippen LogP contribution < -0.4 is 10.6 Å². The Bertz CT molecular complexity index is 790. The number of benzene rings is 1. The second-order valence-electron chi connectivity index (χ2n) is 7.74. The van der Waals surface area contributed by atoms with Crippen molar-refractivity contribution >= 4 is 29.9 Å². The molecule has 0 amide bonds. The lowest BCUT2D eigenvalue weighted by atomic mass is 10.0. The monoisotopic (exact) mass is 543 g/mol. The molecule has 3 rings (SSSR count). The molecule has 0 saturated carbocycles. The normalized spacial score (nSPS) is 16.9. The zero-order valence-corrected chi connectivity index (χ0v) is 20.6. The standard InChI is InChI=1S/C23H33N3O4.HI/c1-3-24-22(26-17-23(2,27)21-8-5-11-29-21)25-15-18-6-4-7-19(14-18)16-30-20-9-12-28-13-10-20;/h4-8,11,14,20,27H,3,9-10,12-13,15-17H2,1-2H3,(H2,24,25,26);1H. The predicted octanol–water partition coefficient (Wildman–Crippen LogP) is 3.56. The van der Waals surface area contributed by atoms with Crippen molar-refractivity contribution in [2.45, 2.75) is 51.5 Å². The van der Waals surface area contributed by atoms with E-state index in [4.69, 9.17) is 13.9 Å². The molecule has 1 fully saturated rings. The molecular formula is C23H34IN3O4. The first-order valence-corrected chi connectivity index (χ1v) is 10.6. The average Bonchev–Trinajstić information content (AvgIpc) is 3.31. The summed E-state index contributed by atoms with van der Waals surface area (Å²) in [6, 6.07) is 11.8. The molecule has 31 heavy (non-hydrogen) atoms. The van der Waals surface area contributed by atoms with Gasteiger partial charge in [-0.25, -0.2) is 4.99 Å². The van der Waals surface area contributed by atoms with Crippen molar-refractivity contribution in [3.63, 3.8) is 0 Å². The average molecular weight is 543 g/mol. The van der Waals surface area contributed by atoms with Crippen LogP contribution in [0.1, 0.15) is 43.6 Å². The topological polar surface area (TPSA) is 88.3 Å². The molecule has 7 nitrogen and oxygen atoms in total. The molecule has 1 aliphatic rings. The maximum atomic E-state index is 10.6. The molecule has 1 aliphatic heterocycles. The van der Waals surface area contributed by atoms with Crippen LogP contribution in [0.5, 0.6) is 0 Å². The van der Waals surface area contributed by atoms with Crippen LogP contribution in [0.25, 0.3) is 0 Å². The van der Waals surface area contributed by atoms with Crippen molar-refractivity contribution in [2.24, 2.45) is 4.99 Å². The maximum Gasteiger partial charge on any atom is 0.191 e. The molecule has 0 radical (unpaired) electrons. The van der Waals surface area contributed by atoms with Gasteiger partial charge in [0.15, 0.2) is 5.96 Å². The highest BCUT2D eigenvalue weighted by molar-refractivity contribution is 14.0. The van der Waals surface area contributed by atoms with Crippen LogP contribution in [-0.2, 0) is 28.2 Å². The fourth-order valence-corrected chi connectivity index (χ4v) is 3.31. The van der Waals surface area contributed by atoms with E-state index in [0.29, 0.717) is 24.9 Å². The van der Waals surface area contributed by atoms with Crippen LogP contribution >= 0.6 is 24.0 Å². The molecular weight excluding hydrogens is 509 g/mol. The predicted molar refractivity (Wildman–Crippen MR) is 132 cm³/mol. The summed E-state index contributed by atoms with van der Waals surface area (Å²) in [5.74, 6) is 1.16. The van der Waals surface area contributed by atoms with Crippen molar-refractivity contribution in [1.82, 2.24) is 10.6 Å². The summed E-state index contributed by atoms with van der Waals surface area (Å²) in [6.07, 6.45) is 3.77. The fourth-order valence-electron chi connectivity index (χ4n) is 3.31. The van der Waals surface area contributed by atoms with E-state index < -0.39 is 5.60 Å². The first-order chi connectivity index (χ1) is 14.6. The Morgan fingerprint density at radius 3 is 2.68 bits per heavy atom. The Morgan fingerprint density at radius 1 is 1.19 bits per heavy atom. The maximum absolute atomic E-state index is 10.6. The minimum absolute atomic E-state index is 0. The molecule has 1 aromatic heterocycles. The smallest absolute Gasteiger partial charge is 0.191 e. The molecule has 0 spiro atoms. The van der Waals surface area contributed by atoms with Gasteiger partial charge in [0.2, 0.25) is 0 Å². The van der Waals surface area contributed by atoms with Gasteiger partial charge in [-0.3, -0.25) is 0 Å².